The van der Waals surface area contributed by atoms with Gasteiger partial charge in [0.25, 0.3) is 0 Å². The van der Waals surface area contributed by atoms with E-state index in [0.29, 0.717) is 24.1 Å². The zero-order chi connectivity index (χ0) is 16.3. The zero-order valence-electron chi connectivity index (χ0n) is 14.6. The summed E-state index contributed by atoms with van der Waals surface area (Å²) in [4.78, 5) is 11.7. The monoisotopic (exact) mass is 312 g/mol. The van der Waals surface area contributed by atoms with Crippen LogP contribution in [0, 0.1) is 5.92 Å². The SMILES string of the molecule is CC(C)C1CC(NC2CC(NC(=O)OC(C)(C)C)C2)CCO1. The third-order valence-corrected chi connectivity index (χ3v) is 4.39. The quantitative estimate of drug-likeness (QED) is 0.838. The number of ether oxygens (including phenoxy) is 2. The molecule has 0 radical (unpaired) electrons. The molecule has 22 heavy (non-hydrogen) atoms. The van der Waals surface area contributed by atoms with Gasteiger partial charge in [-0.1, -0.05) is 13.8 Å². The summed E-state index contributed by atoms with van der Waals surface area (Å²) in [5.74, 6) is 0.576. The topological polar surface area (TPSA) is 59.6 Å². The molecule has 1 aliphatic carbocycles. The predicted octanol–water partition coefficient (Wildman–Crippen LogP) is 2.84. The third-order valence-electron chi connectivity index (χ3n) is 4.39. The molecular formula is C17H32N2O3. The molecule has 1 saturated carbocycles. The van der Waals surface area contributed by atoms with Crippen LogP contribution in [0.2, 0.25) is 0 Å². The molecule has 0 bridgehead atoms. The van der Waals surface area contributed by atoms with Crippen molar-refractivity contribution in [3.8, 4) is 0 Å². The van der Waals surface area contributed by atoms with Gasteiger partial charge in [-0.05, 0) is 52.4 Å². The van der Waals surface area contributed by atoms with Gasteiger partial charge in [-0.15, -0.1) is 0 Å². The molecule has 1 aliphatic heterocycles. The van der Waals surface area contributed by atoms with Gasteiger partial charge in [0.2, 0.25) is 0 Å². The highest BCUT2D eigenvalue weighted by Gasteiger charge is 2.34. The molecule has 0 aromatic carbocycles. The molecule has 2 rings (SSSR count). The number of nitrogens with one attached hydrogen (secondary N) is 2. The van der Waals surface area contributed by atoms with Gasteiger partial charge < -0.3 is 20.1 Å². The summed E-state index contributed by atoms with van der Waals surface area (Å²) >= 11 is 0. The van der Waals surface area contributed by atoms with E-state index in [-0.39, 0.29) is 12.1 Å². The van der Waals surface area contributed by atoms with Crippen LogP contribution in [0.25, 0.3) is 0 Å². The standard InChI is InChI=1S/C17H32N2O3/c1-11(2)15-10-12(6-7-21-15)18-13-8-14(9-13)19-16(20)22-17(3,4)5/h11-15,18H,6-10H2,1-5H3,(H,19,20). The number of carbonyl (C=O) groups excluding carboxylic acids is 1. The van der Waals surface area contributed by atoms with E-state index in [1.54, 1.807) is 0 Å². The second-order valence-corrected chi connectivity index (χ2v) is 8.05. The molecule has 2 N–H and O–H groups in total. The minimum absolute atomic E-state index is 0.244. The Hall–Kier alpha value is -0.810. The fourth-order valence-corrected chi connectivity index (χ4v) is 3.12. The second-order valence-electron chi connectivity index (χ2n) is 8.05. The first-order chi connectivity index (χ1) is 10.2. The molecule has 128 valence electrons. The van der Waals surface area contributed by atoms with E-state index in [4.69, 9.17) is 9.47 Å². The molecule has 5 heteroatoms. The van der Waals surface area contributed by atoms with E-state index in [2.05, 4.69) is 24.5 Å². The first-order valence-electron chi connectivity index (χ1n) is 8.60. The Morgan fingerprint density at radius 1 is 1.14 bits per heavy atom. The van der Waals surface area contributed by atoms with Crippen molar-refractivity contribution in [2.75, 3.05) is 6.61 Å². The summed E-state index contributed by atoms with van der Waals surface area (Å²) in [6.45, 7) is 10.9. The molecule has 5 nitrogen and oxygen atoms in total. The molecule has 0 aromatic rings. The average molecular weight is 312 g/mol. The smallest absolute Gasteiger partial charge is 0.407 e. The lowest BCUT2D eigenvalue weighted by Crippen LogP contribution is -2.56. The van der Waals surface area contributed by atoms with Gasteiger partial charge in [0, 0.05) is 24.7 Å². The molecule has 2 atom stereocenters. The molecule has 0 spiro atoms. The van der Waals surface area contributed by atoms with Crippen LogP contribution < -0.4 is 10.6 Å². The van der Waals surface area contributed by atoms with Gasteiger partial charge in [-0.3, -0.25) is 0 Å². The van der Waals surface area contributed by atoms with Crippen molar-refractivity contribution in [1.82, 2.24) is 10.6 Å². The molecule has 1 saturated heterocycles. The third kappa shape index (κ3) is 5.43. The molecule has 1 heterocycles. The lowest BCUT2D eigenvalue weighted by molar-refractivity contribution is -0.0281. The summed E-state index contributed by atoms with van der Waals surface area (Å²) < 4.78 is 11.1. The van der Waals surface area contributed by atoms with E-state index >= 15 is 0 Å². The number of rotatable bonds is 4. The molecule has 2 fully saturated rings. The van der Waals surface area contributed by atoms with Crippen molar-refractivity contribution in [2.45, 2.75) is 90.1 Å². The predicted molar refractivity (Wildman–Crippen MR) is 86.9 cm³/mol. The van der Waals surface area contributed by atoms with Gasteiger partial charge in [-0.2, -0.15) is 0 Å². The number of alkyl carbamates (subject to hydrolysis) is 1. The van der Waals surface area contributed by atoms with Crippen LogP contribution >= 0.6 is 0 Å². The number of carbonyl (C=O) groups is 1. The molecule has 2 aliphatic rings. The maximum Gasteiger partial charge on any atom is 0.407 e. The van der Waals surface area contributed by atoms with Gasteiger partial charge in [-0.25, -0.2) is 4.79 Å². The van der Waals surface area contributed by atoms with Crippen molar-refractivity contribution >= 4 is 6.09 Å². The summed E-state index contributed by atoms with van der Waals surface area (Å²) in [5.41, 5.74) is -0.431. The Bertz CT molecular complexity index is 373. The summed E-state index contributed by atoms with van der Waals surface area (Å²) in [6, 6.07) is 1.30. The number of hydrogen-bond acceptors (Lipinski definition) is 4. The first-order valence-corrected chi connectivity index (χ1v) is 8.60. The van der Waals surface area contributed by atoms with Crippen LogP contribution in [0.4, 0.5) is 4.79 Å². The minimum atomic E-state index is -0.431. The van der Waals surface area contributed by atoms with E-state index < -0.39 is 5.60 Å². The van der Waals surface area contributed by atoms with Gasteiger partial charge >= 0.3 is 6.09 Å². The van der Waals surface area contributed by atoms with Crippen LogP contribution in [-0.4, -0.2) is 42.5 Å². The summed E-state index contributed by atoms with van der Waals surface area (Å²) in [7, 11) is 0. The van der Waals surface area contributed by atoms with Crippen LogP contribution in [-0.2, 0) is 9.47 Å². The molecule has 0 aromatic heterocycles. The Morgan fingerprint density at radius 3 is 2.41 bits per heavy atom. The number of hydrogen-bond donors (Lipinski definition) is 2. The van der Waals surface area contributed by atoms with E-state index in [1.807, 2.05) is 20.8 Å². The second kappa shape index (κ2) is 7.18. The Morgan fingerprint density at radius 2 is 1.82 bits per heavy atom. The highest BCUT2D eigenvalue weighted by atomic mass is 16.6. The molecular weight excluding hydrogens is 280 g/mol. The lowest BCUT2D eigenvalue weighted by Gasteiger charge is -2.41. The van der Waals surface area contributed by atoms with Crippen molar-refractivity contribution in [3.63, 3.8) is 0 Å². The molecule has 2 unspecified atom stereocenters. The van der Waals surface area contributed by atoms with Crippen molar-refractivity contribution in [2.24, 2.45) is 5.92 Å². The first kappa shape index (κ1) is 17.5. The van der Waals surface area contributed by atoms with E-state index in [0.717, 1.165) is 32.3 Å². The highest BCUT2D eigenvalue weighted by Crippen LogP contribution is 2.25. The average Bonchev–Trinajstić information content (AvgIpc) is 2.34. The maximum absolute atomic E-state index is 11.7. The Kier molecular flexibility index (Phi) is 5.72. The summed E-state index contributed by atoms with van der Waals surface area (Å²) in [6.07, 6.45) is 4.23. The van der Waals surface area contributed by atoms with Crippen LogP contribution in [0.15, 0.2) is 0 Å². The summed E-state index contributed by atoms with van der Waals surface area (Å²) in [5, 5.41) is 6.66. The largest absolute Gasteiger partial charge is 0.444 e. The minimum Gasteiger partial charge on any atom is -0.444 e. The van der Waals surface area contributed by atoms with E-state index in [9.17, 15) is 4.79 Å². The van der Waals surface area contributed by atoms with Gasteiger partial charge in [0.05, 0.1) is 6.10 Å². The normalized spacial score (nSPS) is 32.5. The highest BCUT2D eigenvalue weighted by molar-refractivity contribution is 5.68. The Labute approximate surface area is 134 Å². The van der Waals surface area contributed by atoms with Crippen molar-refractivity contribution in [3.05, 3.63) is 0 Å². The number of amides is 1. The Balaban J connectivity index is 1.64. The van der Waals surface area contributed by atoms with Crippen molar-refractivity contribution in [1.29, 1.82) is 0 Å². The van der Waals surface area contributed by atoms with Gasteiger partial charge in [0.1, 0.15) is 5.60 Å². The fraction of sp³-hybridized carbons (Fsp3) is 0.941. The van der Waals surface area contributed by atoms with Crippen LogP contribution in [0.1, 0.15) is 60.3 Å². The molecule has 1 amide bonds. The maximum atomic E-state index is 11.7. The zero-order valence-corrected chi connectivity index (χ0v) is 14.6. The lowest BCUT2D eigenvalue weighted by atomic mass is 9.85. The van der Waals surface area contributed by atoms with Crippen molar-refractivity contribution < 1.29 is 14.3 Å². The fourth-order valence-electron chi connectivity index (χ4n) is 3.12. The van der Waals surface area contributed by atoms with Gasteiger partial charge in [0.15, 0.2) is 0 Å². The van der Waals surface area contributed by atoms with E-state index in [1.165, 1.54) is 0 Å². The van der Waals surface area contributed by atoms with Crippen LogP contribution in [0.5, 0.6) is 0 Å². The van der Waals surface area contributed by atoms with Crippen LogP contribution in [0.3, 0.4) is 0 Å².